The third-order valence-corrected chi connectivity index (χ3v) is 3.99. The van der Waals surface area contributed by atoms with Gasteiger partial charge in [0.2, 0.25) is 0 Å². The molecule has 0 aliphatic carbocycles. The van der Waals surface area contributed by atoms with Crippen LogP contribution in [0.1, 0.15) is 45.2 Å². The number of aromatic nitrogens is 2. The van der Waals surface area contributed by atoms with Gasteiger partial charge in [-0.15, -0.1) is 0 Å². The van der Waals surface area contributed by atoms with E-state index in [-0.39, 0.29) is 0 Å². The van der Waals surface area contributed by atoms with Gasteiger partial charge in [0.15, 0.2) is 0 Å². The Hall–Kier alpha value is -0.870. The maximum absolute atomic E-state index is 4.28. The smallest absolute Gasteiger partial charge is 0.0948 e. The maximum Gasteiger partial charge on any atom is 0.0948 e. The Balaban J connectivity index is 1.92. The first-order valence-electron chi connectivity index (χ1n) is 7.78. The highest BCUT2D eigenvalue weighted by Crippen LogP contribution is 2.11. The number of aryl methyl sites for hydroxylation is 1. The molecule has 1 fully saturated rings. The van der Waals surface area contributed by atoms with E-state index in [1.54, 1.807) is 0 Å². The van der Waals surface area contributed by atoms with E-state index in [1.165, 1.54) is 51.0 Å². The zero-order chi connectivity index (χ0) is 13.5. The number of rotatable bonds is 8. The second-order valence-corrected chi connectivity index (χ2v) is 5.55. The van der Waals surface area contributed by atoms with Gasteiger partial charge >= 0.3 is 0 Å². The van der Waals surface area contributed by atoms with E-state index in [9.17, 15) is 0 Å². The Morgan fingerprint density at radius 3 is 3.05 bits per heavy atom. The van der Waals surface area contributed by atoms with E-state index in [4.69, 9.17) is 0 Å². The van der Waals surface area contributed by atoms with Gasteiger partial charge < -0.3 is 9.88 Å². The fourth-order valence-electron chi connectivity index (χ4n) is 2.83. The molecule has 2 heterocycles. The number of hydrogen-bond acceptors (Lipinski definition) is 3. The molecular weight excluding hydrogens is 236 g/mol. The average molecular weight is 264 g/mol. The van der Waals surface area contributed by atoms with Gasteiger partial charge in [0, 0.05) is 31.9 Å². The quantitative estimate of drug-likeness (QED) is 0.782. The summed E-state index contributed by atoms with van der Waals surface area (Å²) in [6.07, 6.45) is 9.18. The van der Waals surface area contributed by atoms with Crippen LogP contribution in [0.15, 0.2) is 12.5 Å². The molecule has 1 atom stereocenters. The van der Waals surface area contributed by atoms with Crippen molar-refractivity contribution >= 4 is 0 Å². The largest absolute Gasteiger partial charge is 0.334 e. The monoisotopic (exact) mass is 264 g/mol. The number of nitrogens with one attached hydrogen (secondary N) is 1. The molecule has 0 bridgehead atoms. The van der Waals surface area contributed by atoms with Crippen LogP contribution >= 0.6 is 0 Å². The molecule has 1 N–H and O–H groups in total. The SMILES string of the molecule is CCCCN(Cc1cncn1CC)CC1CCCN1. The van der Waals surface area contributed by atoms with Crippen LogP contribution in [0.2, 0.25) is 0 Å². The fourth-order valence-corrected chi connectivity index (χ4v) is 2.83. The lowest BCUT2D eigenvalue weighted by Gasteiger charge is -2.25. The van der Waals surface area contributed by atoms with E-state index in [0.717, 1.165) is 13.1 Å². The molecule has 0 amide bonds. The molecule has 108 valence electrons. The number of nitrogens with zero attached hydrogens (tertiary/aromatic N) is 3. The molecule has 19 heavy (non-hydrogen) atoms. The summed E-state index contributed by atoms with van der Waals surface area (Å²) < 4.78 is 2.25. The molecule has 0 saturated carbocycles. The zero-order valence-corrected chi connectivity index (χ0v) is 12.4. The maximum atomic E-state index is 4.28. The van der Waals surface area contributed by atoms with Gasteiger partial charge in [-0.25, -0.2) is 4.98 Å². The van der Waals surface area contributed by atoms with E-state index in [2.05, 4.69) is 33.6 Å². The standard InChI is InChI=1S/C15H28N4/c1-3-5-9-18(11-14-7-6-8-17-14)12-15-10-16-13-19(15)4-2/h10,13-14,17H,3-9,11-12H2,1-2H3. The predicted octanol–water partition coefficient (Wildman–Crippen LogP) is 2.26. The van der Waals surface area contributed by atoms with Crippen LogP contribution in [0.25, 0.3) is 0 Å². The Labute approximate surface area is 117 Å². The third kappa shape index (κ3) is 4.32. The normalized spacial score (nSPS) is 19.4. The fraction of sp³-hybridized carbons (Fsp3) is 0.800. The first kappa shape index (κ1) is 14.5. The van der Waals surface area contributed by atoms with Gasteiger partial charge in [-0.2, -0.15) is 0 Å². The number of imidazole rings is 1. The topological polar surface area (TPSA) is 33.1 Å². The summed E-state index contributed by atoms with van der Waals surface area (Å²) in [5.41, 5.74) is 1.34. The van der Waals surface area contributed by atoms with Crippen molar-refractivity contribution in [3.05, 3.63) is 18.2 Å². The second-order valence-electron chi connectivity index (χ2n) is 5.55. The van der Waals surface area contributed by atoms with Gasteiger partial charge in [-0.3, -0.25) is 4.90 Å². The van der Waals surface area contributed by atoms with Gasteiger partial charge in [0.25, 0.3) is 0 Å². The van der Waals surface area contributed by atoms with Gasteiger partial charge in [-0.1, -0.05) is 13.3 Å². The molecule has 4 heteroatoms. The third-order valence-electron chi connectivity index (χ3n) is 3.99. The lowest BCUT2D eigenvalue weighted by Crippen LogP contribution is -2.38. The molecule has 0 spiro atoms. The predicted molar refractivity (Wildman–Crippen MR) is 79.1 cm³/mol. The van der Waals surface area contributed by atoms with Crippen molar-refractivity contribution in [2.75, 3.05) is 19.6 Å². The Morgan fingerprint density at radius 2 is 2.37 bits per heavy atom. The van der Waals surface area contributed by atoms with Crippen molar-refractivity contribution < 1.29 is 0 Å². The lowest BCUT2D eigenvalue weighted by atomic mass is 10.2. The van der Waals surface area contributed by atoms with Crippen molar-refractivity contribution in [1.29, 1.82) is 0 Å². The molecule has 2 rings (SSSR count). The molecule has 1 aliphatic heterocycles. The van der Waals surface area contributed by atoms with Crippen molar-refractivity contribution in [3.63, 3.8) is 0 Å². The van der Waals surface area contributed by atoms with Crippen LogP contribution in [-0.4, -0.2) is 40.1 Å². The van der Waals surface area contributed by atoms with Crippen LogP contribution in [0.4, 0.5) is 0 Å². The van der Waals surface area contributed by atoms with Crippen LogP contribution < -0.4 is 5.32 Å². The molecular formula is C15H28N4. The summed E-state index contributed by atoms with van der Waals surface area (Å²) in [4.78, 5) is 6.87. The van der Waals surface area contributed by atoms with E-state index in [1.807, 2.05) is 12.5 Å². The Morgan fingerprint density at radius 1 is 1.47 bits per heavy atom. The minimum absolute atomic E-state index is 0.690. The molecule has 1 aromatic heterocycles. The summed E-state index contributed by atoms with van der Waals surface area (Å²) in [6, 6.07) is 0.690. The highest BCUT2D eigenvalue weighted by atomic mass is 15.2. The zero-order valence-electron chi connectivity index (χ0n) is 12.4. The van der Waals surface area contributed by atoms with Crippen molar-refractivity contribution in [3.8, 4) is 0 Å². The Kier molecular flexibility index (Phi) is 5.86. The summed E-state index contributed by atoms with van der Waals surface area (Å²) in [5.74, 6) is 0. The molecule has 1 aliphatic rings. The van der Waals surface area contributed by atoms with Crippen molar-refractivity contribution in [2.45, 2.75) is 58.7 Å². The van der Waals surface area contributed by atoms with Crippen molar-refractivity contribution in [1.82, 2.24) is 19.8 Å². The van der Waals surface area contributed by atoms with Crippen molar-refractivity contribution in [2.24, 2.45) is 0 Å². The van der Waals surface area contributed by atoms with E-state index >= 15 is 0 Å². The van der Waals surface area contributed by atoms with E-state index in [0.29, 0.717) is 6.04 Å². The number of hydrogen-bond donors (Lipinski definition) is 1. The van der Waals surface area contributed by atoms with Crippen LogP contribution in [-0.2, 0) is 13.1 Å². The molecule has 0 aromatic carbocycles. The van der Waals surface area contributed by atoms with Gasteiger partial charge in [-0.05, 0) is 39.3 Å². The molecule has 1 aromatic rings. The summed E-state index contributed by atoms with van der Waals surface area (Å²) in [7, 11) is 0. The highest BCUT2D eigenvalue weighted by molar-refractivity contribution is 4.98. The first-order valence-corrected chi connectivity index (χ1v) is 7.78. The summed E-state index contributed by atoms with van der Waals surface area (Å²) >= 11 is 0. The first-order chi connectivity index (χ1) is 9.33. The summed E-state index contributed by atoms with van der Waals surface area (Å²) in [5, 5.41) is 3.61. The van der Waals surface area contributed by atoms with Crippen LogP contribution in [0.5, 0.6) is 0 Å². The van der Waals surface area contributed by atoms with Gasteiger partial charge in [0.1, 0.15) is 0 Å². The minimum atomic E-state index is 0.690. The Bertz CT molecular complexity index is 355. The molecule has 4 nitrogen and oxygen atoms in total. The van der Waals surface area contributed by atoms with Gasteiger partial charge in [0.05, 0.1) is 12.0 Å². The molecule has 0 radical (unpaired) electrons. The highest BCUT2D eigenvalue weighted by Gasteiger charge is 2.18. The van der Waals surface area contributed by atoms with Crippen LogP contribution in [0.3, 0.4) is 0 Å². The lowest BCUT2D eigenvalue weighted by molar-refractivity contribution is 0.232. The molecule has 1 saturated heterocycles. The summed E-state index contributed by atoms with van der Waals surface area (Å²) in [6.45, 7) is 10.1. The second kappa shape index (κ2) is 7.65. The van der Waals surface area contributed by atoms with Crippen LogP contribution in [0, 0.1) is 0 Å². The molecule has 1 unspecified atom stereocenters. The van der Waals surface area contributed by atoms with E-state index < -0.39 is 0 Å². The minimum Gasteiger partial charge on any atom is -0.334 e. The number of unbranched alkanes of at least 4 members (excludes halogenated alkanes) is 1. The average Bonchev–Trinajstić information content (AvgIpc) is 3.07.